The fraction of sp³-hybridized carbons (Fsp3) is 0.200. The smallest absolute Gasteiger partial charge is 0.330 e. The maximum Gasteiger partial charge on any atom is 0.330 e. The Morgan fingerprint density at radius 3 is 2.85 bits per heavy atom. The monoisotopic (exact) mass is 177 g/mol. The van der Waals surface area contributed by atoms with Crippen molar-refractivity contribution in [3.05, 3.63) is 35.7 Å². The maximum atomic E-state index is 10.7. The third-order valence-corrected chi connectivity index (χ3v) is 1.55. The van der Waals surface area contributed by atoms with Crippen molar-refractivity contribution in [3.8, 4) is 0 Å². The van der Waals surface area contributed by atoms with Crippen LogP contribution in [-0.2, 0) is 9.53 Å². The zero-order valence-electron chi connectivity index (χ0n) is 7.65. The van der Waals surface area contributed by atoms with Crippen LogP contribution in [0.3, 0.4) is 0 Å². The molecule has 0 aliphatic heterocycles. The molecule has 13 heavy (non-hydrogen) atoms. The molecule has 0 bridgehead atoms. The molecule has 0 atom stereocenters. The van der Waals surface area contributed by atoms with Crippen LogP contribution in [0.4, 0.5) is 0 Å². The summed E-state index contributed by atoms with van der Waals surface area (Å²) in [5, 5.41) is 0. The standard InChI is InChI=1S/C10H11NO2/c1-8-3-4-9(7-11-8)5-6-10(12)13-2/h3-7H,1-2H3. The topological polar surface area (TPSA) is 39.2 Å². The maximum absolute atomic E-state index is 10.7. The number of esters is 1. The van der Waals surface area contributed by atoms with E-state index in [1.54, 1.807) is 12.3 Å². The highest BCUT2D eigenvalue weighted by Gasteiger charge is 1.91. The van der Waals surface area contributed by atoms with Gasteiger partial charge in [0.2, 0.25) is 0 Å². The number of ether oxygens (including phenoxy) is 1. The molecule has 0 aliphatic carbocycles. The van der Waals surface area contributed by atoms with Gasteiger partial charge in [-0.3, -0.25) is 4.98 Å². The zero-order chi connectivity index (χ0) is 9.68. The van der Waals surface area contributed by atoms with Crippen molar-refractivity contribution in [3.63, 3.8) is 0 Å². The minimum absolute atomic E-state index is 0.361. The Hall–Kier alpha value is -1.64. The van der Waals surface area contributed by atoms with E-state index in [0.717, 1.165) is 11.3 Å². The molecule has 0 saturated heterocycles. The molecule has 0 saturated carbocycles. The summed E-state index contributed by atoms with van der Waals surface area (Å²) in [5.74, 6) is -0.361. The van der Waals surface area contributed by atoms with Crippen LogP contribution in [0, 0.1) is 6.92 Å². The summed E-state index contributed by atoms with van der Waals surface area (Å²) in [4.78, 5) is 14.8. The number of methoxy groups -OCH3 is 1. The van der Waals surface area contributed by atoms with Gasteiger partial charge in [0.05, 0.1) is 7.11 Å². The highest BCUT2D eigenvalue weighted by atomic mass is 16.5. The second-order valence-electron chi connectivity index (χ2n) is 2.59. The zero-order valence-corrected chi connectivity index (χ0v) is 7.65. The van der Waals surface area contributed by atoms with E-state index in [1.165, 1.54) is 13.2 Å². The molecule has 3 heteroatoms. The first kappa shape index (κ1) is 9.45. The highest BCUT2D eigenvalue weighted by Crippen LogP contribution is 2.01. The summed E-state index contributed by atoms with van der Waals surface area (Å²) in [6, 6.07) is 3.78. The third-order valence-electron chi connectivity index (χ3n) is 1.55. The van der Waals surface area contributed by atoms with Crippen molar-refractivity contribution in [2.45, 2.75) is 6.92 Å². The minimum Gasteiger partial charge on any atom is -0.466 e. The van der Waals surface area contributed by atoms with Crippen LogP contribution < -0.4 is 0 Å². The quantitative estimate of drug-likeness (QED) is 0.508. The summed E-state index contributed by atoms with van der Waals surface area (Å²) < 4.78 is 4.45. The van der Waals surface area contributed by atoms with Gasteiger partial charge >= 0.3 is 5.97 Å². The molecule has 0 N–H and O–H groups in total. The number of aryl methyl sites for hydroxylation is 1. The number of carbonyl (C=O) groups is 1. The average molecular weight is 177 g/mol. The van der Waals surface area contributed by atoms with E-state index in [1.807, 2.05) is 19.1 Å². The number of rotatable bonds is 2. The van der Waals surface area contributed by atoms with Crippen molar-refractivity contribution in [1.29, 1.82) is 0 Å². The minimum atomic E-state index is -0.361. The SMILES string of the molecule is COC(=O)C=Cc1ccc(C)nc1. The summed E-state index contributed by atoms with van der Waals surface area (Å²) in [6.45, 7) is 1.91. The van der Waals surface area contributed by atoms with Gasteiger partial charge in [-0.25, -0.2) is 4.79 Å². The van der Waals surface area contributed by atoms with Crippen LogP contribution in [-0.4, -0.2) is 18.1 Å². The number of carbonyl (C=O) groups excluding carboxylic acids is 1. The molecule has 0 radical (unpaired) electrons. The Balaban J connectivity index is 2.69. The molecule has 3 nitrogen and oxygen atoms in total. The molecule has 0 aromatic carbocycles. The molecular formula is C10H11NO2. The predicted molar refractivity (Wildman–Crippen MR) is 50.0 cm³/mol. The van der Waals surface area contributed by atoms with Gasteiger partial charge in [-0.2, -0.15) is 0 Å². The van der Waals surface area contributed by atoms with E-state index in [4.69, 9.17) is 0 Å². The van der Waals surface area contributed by atoms with Gasteiger partial charge < -0.3 is 4.74 Å². The number of aromatic nitrogens is 1. The lowest BCUT2D eigenvalue weighted by Crippen LogP contribution is -1.93. The van der Waals surface area contributed by atoms with Crippen LogP contribution in [0.1, 0.15) is 11.3 Å². The lowest BCUT2D eigenvalue weighted by atomic mass is 10.2. The third kappa shape index (κ3) is 3.07. The van der Waals surface area contributed by atoms with Crippen molar-refractivity contribution >= 4 is 12.0 Å². The van der Waals surface area contributed by atoms with Crippen molar-refractivity contribution < 1.29 is 9.53 Å². The first-order chi connectivity index (χ1) is 6.22. The molecule has 68 valence electrons. The van der Waals surface area contributed by atoms with Crippen molar-refractivity contribution in [2.24, 2.45) is 0 Å². The Morgan fingerprint density at radius 1 is 1.54 bits per heavy atom. The predicted octanol–water partition coefficient (Wildman–Crippen LogP) is 1.58. The Labute approximate surface area is 77.1 Å². The summed E-state index contributed by atoms with van der Waals surface area (Å²) in [6.07, 6.45) is 4.74. The lowest BCUT2D eigenvalue weighted by molar-refractivity contribution is -0.134. The second kappa shape index (κ2) is 4.40. The van der Waals surface area contributed by atoms with E-state index >= 15 is 0 Å². The summed E-state index contributed by atoms with van der Waals surface area (Å²) in [7, 11) is 1.35. The largest absolute Gasteiger partial charge is 0.466 e. The first-order valence-corrected chi connectivity index (χ1v) is 3.91. The fourth-order valence-electron chi connectivity index (χ4n) is 0.810. The highest BCUT2D eigenvalue weighted by molar-refractivity contribution is 5.86. The molecule has 1 aromatic rings. The molecule has 0 unspecified atom stereocenters. The lowest BCUT2D eigenvalue weighted by Gasteiger charge is -1.93. The first-order valence-electron chi connectivity index (χ1n) is 3.91. The molecule has 0 fully saturated rings. The Bertz CT molecular complexity index is 314. The molecule has 1 aromatic heterocycles. The van der Waals surface area contributed by atoms with Crippen molar-refractivity contribution in [2.75, 3.05) is 7.11 Å². The molecular weight excluding hydrogens is 166 g/mol. The van der Waals surface area contributed by atoms with E-state index in [-0.39, 0.29) is 5.97 Å². The number of pyridine rings is 1. The molecule has 1 heterocycles. The number of hydrogen-bond acceptors (Lipinski definition) is 3. The normalized spacial score (nSPS) is 10.3. The van der Waals surface area contributed by atoms with Crippen LogP contribution >= 0.6 is 0 Å². The van der Waals surface area contributed by atoms with Gasteiger partial charge in [-0.05, 0) is 24.6 Å². The van der Waals surface area contributed by atoms with Crippen LogP contribution in [0.15, 0.2) is 24.4 Å². The summed E-state index contributed by atoms with van der Waals surface area (Å²) in [5.41, 5.74) is 1.84. The molecule has 1 rings (SSSR count). The summed E-state index contributed by atoms with van der Waals surface area (Å²) >= 11 is 0. The van der Waals surface area contributed by atoms with Gasteiger partial charge in [-0.15, -0.1) is 0 Å². The number of nitrogens with zero attached hydrogens (tertiary/aromatic N) is 1. The fourth-order valence-corrected chi connectivity index (χ4v) is 0.810. The Kier molecular flexibility index (Phi) is 3.20. The van der Waals surface area contributed by atoms with E-state index in [2.05, 4.69) is 9.72 Å². The van der Waals surface area contributed by atoms with Gasteiger partial charge in [0.1, 0.15) is 0 Å². The van der Waals surface area contributed by atoms with E-state index < -0.39 is 0 Å². The molecule has 0 spiro atoms. The van der Waals surface area contributed by atoms with Gasteiger partial charge in [0.15, 0.2) is 0 Å². The van der Waals surface area contributed by atoms with E-state index in [0.29, 0.717) is 0 Å². The molecule has 0 amide bonds. The van der Waals surface area contributed by atoms with Gasteiger partial charge in [-0.1, -0.05) is 6.07 Å². The van der Waals surface area contributed by atoms with Crippen LogP contribution in [0.25, 0.3) is 6.08 Å². The molecule has 0 aliphatic rings. The van der Waals surface area contributed by atoms with Crippen molar-refractivity contribution in [1.82, 2.24) is 4.98 Å². The van der Waals surface area contributed by atoms with E-state index in [9.17, 15) is 4.79 Å². The van der Waals surface area contributed by atoms with Crippen LogP contribution in [0.2, 0.25) is 0 Å². The van der Waals surface area contributed by atoms with Gasteiger partial charge in [0, 0.05) is 18.0 Å². The van der Waals surface area contributed by atoms with Crippen LogP contribution in [0.5, 0.6) is 0 Å². The van der Waals surface area contributed by atoms with Gasteiger partial charge in [0.25, 0.3) is 0 Å². The Morgan fingerprint density at radius 2 is 2.31 bits per heavy atom. The average Bonchev–Trinajstić information content (AvgIpc) is 2.16. The number of hydrogen-bond donors (Lipinski definition) is 0. The second-order valence-corrected chi connectivity index (χ2v) is 2.59.